The van der Waals surface area contributed by atoms with E-state index in [0.29, 0.717) is 12.8 Å². The number of hydrogen-bond acceptors (Lipinski definition) is 7. The zero-order valence-corrected chi connectivity index (χ0v) is 18.0. The van der Waals surface area contributed by atoms with Gasteiger partial charge in [-0.1, -0.05) is 19.0 Å². The molecule has 2 unspecified atom stereocenters. The van der Waals surface area contributed by atoms with Crippen LogP contribution in [-0.4, -0.2) is 62.1 Å². The average Bonchev–Trinajstić information content (AvgIpc) is 2.82. The lowest BCUT2D eigenvalue weighted by Crippen LogP contribution is -2.47. The Balaban J connectivity index is 2.55. The minimum atomic E-state index is -3.08. The molecule has 1 saturated heterocycles. The van der Waals surface area contributed by atoms with Crippen molar-refractivity contribution in [3.8, 4) is 0 Å². The van der Waals surface area contributed by atoms with Gasteiger partial charge in [0.15, 0.2) is 22.3 Å². The third-order valence-corrected chi connectivity index (χ3v) is 5.49. The highest BCUT2D eigenvalue weighted by Gasteiger charge is 2.29. The van der Waals surface area contributed by atoms with E-state index in [0.717, 1.165) is 0 Å². The van der Waals surface area contributed by atoms with Gasteiger partial charge in [-0.2, -0.15) is 0 Å². The maximum Gasteiger partial charge on any atom is 0.408 e. The van der Waals surface area contributed by atoms with Crippen LogP contribution in [-0.2, 0) is 24.2 Å². The van der Waals surface area contributed by atoms with Crippen LogP contribution in [0.4, 0.5) is 4.79 Å². The van der Waals surface area contributed by atoms with Crippen molar-refractivity contribution in [2.45, 2.75) is 65.1 Å². The van der Waals surface area contributed by atoms with Gasteiger partial charge in [-0.3, -0.25) is 4.79 Å². The van der Waals surface area contributed by atoms with Crippen molar-refractivity contribution in [2.24, 2.45) is 16.8 Å². The van der Waals surface area contributed by atoms with E-state index in [1.54, 1.807) is 20.8 Å². The molecule has 1 fully saturated rings. The summed E-state index contributed by atoms with van der Waals surface area (Å²) in [6.45, 7) is 8.76. The monoisotopic (exact) mass is 420 g/mol. The normalized spacial score (nSPS) is 20.5. The van der Waals surface area contributed by atoms with Crippen molar-refractivity contribution in [2.75, 3.05) is 18.1 Å². The predicted octanol–water partition coefficient (Wildman–Crippen LogP) is 0.518. The molecule has 1 rings (SSSR count). The number of sulfone groups is 1. The Morgan fingerprint density at radius 3 is 2.43 bits per heavy atom. The first-order valence-electron chi connectivity index (χ1n) is 9.22. The molecule has 0 spiro atoms. The fraction of sp³-hybridized carbons (Fsp3) is 0.824. The van der Waals surface area contributed by atoms with E-state index in [4.69, 9.17) is 15.3 Å². The largest absolute Gasteiger partial charge is 0.444 e. The summed E-state index contributed by atoms with van der Waals surface area (Å²) >= 11 is 0. The first kappa shape index (κ1) is 24.0. The molecular weight excluding hydrogens is 388 g/mol. The highest BCUT2D eigenvalue weighted by Crippen LogP contribution is 2.11. The van der Waals surface area contributed by atoms with Crippen LogP contribution in [0.2, 0.25) is 0 Å². The van der Waals surface area contributed by atoms with Crippen molar-refractivity contribution in [3.63, 3.8) is 0 Å². The zero-order valence-electron chi connectivity index (χ0n) is 17.1. The summed E-state index contributed by atoms with van der Waals surface area (Å²) in [4.78, 5) is 28.8. The van der Waals surface area contributed by atoms with Gasteiger partial charge in [-0.05, 0) is 39.5 Å². The molecule has 10 nitrogen and oxygen atoms in total. The van der Waals surface area contributed by atoms with E-state index >= 15 is 0 Å². The molecule has 0 radical (unpaired) electrons. The second-order valence-corrected chi connectivity index (χ2v) is 10.5. The third kappa shape index (κ3) is 9.77. The summed E-state index contributed by atoms with van der Waals surface area (Å²) < 4.78 is 28.0. The molecule has 2 atom stereocenters. The van der Waals surface area contributed by atoms with Gasteiger partial charge in [0.05, 0.1) is 17.5 Å². The number of amidine groups is 1. The summed E-state index contributed by atoms with van der Waals surface area (Å²) in [7, 11) is -3.08. The van der Waals surface area contributed by atoms with E-state index in [9.17, 15) is 18.0 Å². The Labute approximate surface area is 166 Å². The minimum absolute atomic E-state index is 0.0100. The molecule has 162 valence electrons. The second kappa shape index (κ2) is 9.94. The van der Waals surface area contributed by atoms with Gasteiger partial charge in [0.25, 0.3) is 5.91 Å². The van der Waals surface area contributed by atoms with Crippen molar-refractivity contribution < 1.29 is 27.6 Å². The van der Waals surface area contributed by atoms with Crippen LogP contribution in [0.15, 0.2) is 5.16 Å². The minimum Gasteiger partial charge on any atom is -0.444 e. The lowest BCUT2D eigenvalue weighted by atomic mass is 10.0. The van der Waals surface area contributed by atoms with Crippen LogP contribution < -0.4 is 16.4 Å². The van der Waals surface area contributed by atoms with Crippen molar-refractivity contribution in [1.82, 2.24) is 10.6 Å². The lowest BCUT2D eigenvalue weighted by molar-refractivity contribution is -0.126. The molecule has 0 aromatic heterocycles. The van der Waals surface area contributed by atoms with E-state index < -0.39 is 46.1 Å². The number of rotatable bonds is 8. The maximum atomic E-state index is 12.0. The van der Waals surface area contributed by atoms with Gasteiger partial charge in [0.1, 0.15) is 5.60 Å². The van der Waals surface area contributed by atoms with Crippen LogP contribution >= 0.6 is 0 Å². The quantitative estimate of drug-likeness (QED) is 0.294. The first-order valence-corrected chi connectivity index (χ1v) is 11.0. The summed E-state index contributed by atoms with van der Waals surface area (Å²) in [5.41, 5.74) is 5.26. The standard InChI is InChI=1S/C17H32N4O6S/c1-11(2)8-13(20-16(23)27-17(3,4)5)15(18)21-26-9-14(22)19-12-6-7-28(24,25)10-12/h11-13H,6-10H2,1-5H3,(H2,18,21)(H,19,22)(H,20,23). The van der Waals surface area contributed by atoms with E-state index in [-0.39, 0.29) is 23.3 Å². The number of alkyl carbamates (subject to hydrolysis) is 1. The molecule has 2 amide bonds. The van der Waals surface area contributed by atoms with Crippen molar-refractivity contribution in [3.05, 3.63) is 0 Å². The fourth-order valence-corrected chi connectivity index (χ4v) is 4.26. The smallest absolute Gasteiger partial charge is 0.408 e. The Morgan fingerprint density at radius 2 is 1.93 bits per heavy atom. The third-order valence-electron chi connectivity index (χ3n) is 3.72. The van der Waals surface area contributed by atoms with E-state index in [1.165, 1.54) is 0 Å². The van der Waals surface area contributed by atoms with Crippen LogP contribution in [0.25, 0.3) is 0 Å². The molecule has 0 saturated carbocycles. The van der Waals surface area contributed by atoms with E-state index in [2.05, 4.69) is 15.8 Å². The Morgan fingerprint density at radius 1 is 1.29 bits per heavy atom. The van der Waals surface area contributed by atoms with Crippen molar-refractivity contribution in [1.29, 1.82) is 0 Å². The molecule has 0 bridgehead atoms. The molecule has 0 aliphatic carbocycles. The van der Waals surface area contributed by atoms with Crippen LogP contribution in [0.1, 0.15) is 47.5 Å². The fourth-order valence-electron chi connectivity index (χ4n) is 2.58. The molecule has 0 aromatic rings. The van der Waals surface area contributed by atoms with Crippen molar-refractivity contribution >= 4 is 27.7 Å². The Hall–Kier alpha value is -2.04. The molecule has 1 heterocycles. The SMILES string of the molecule is CC(C)CC(NC(=O)OC(C)(C)C)/C(N)=N/OCC(=O)NC1CCS(=O)(=O)C1. The maximum absolute atomic E-state index is 12.0. The number of nitrogens with one attached hydrogen (secondary N) is 2. The number of carbonyl (C=O) groups excluding carboxylic acids is 2. The molecular formula is C17H32N4O6S. The molecule has 1 aliphatic rings. The predicted molar refractivity (Wildman–Crippen MR) is 105 cm³/mol. The highest BCUT2D eigenvalue weighted by atomic mass is 32.2. The summed E-state index contributed by atoms with van der Waals surface area (Å²) in [5.74, 6) is -0.270. The van der Waals surface area contributed by atoms with Crippen LogP contribution in [0, 0.1) is 5.92 Å². The van der Waals surface area contributed by atoms with Gasteiger partial charge in [-0.15, -0.1) is 0 Å². The Kier molecular flexibility index (Phi) is 8.52. The summed E-state index contributed by atoms with van der Waals surface area (Å²) in [6, 6.07) is -1.03. The lowest BCUT2D eigenvalue weighted by Gasteiger charge is -2.24. The van der Waals surface area contributed by atoms with Gasteiger partial charge in [0.2, 0.25) is 0 Å². The van der Waals surface area contributed by atoms with Gasteiger partial charge in [-0.25, -0.2) is 13.2 Å². The average molecular weight is 421 g/mol. The zero-order chi connectivity index (χ0) is 21.5. The summed E-state index contributed by atoms with van der Waals surface area (Å²) in [6.07, 6.45) is 0.260. The second-order valence-electron chi connectivity index (χ2n) is 8.29. The number of hydrogen-bond donors (Lipinski definition) is 3. The number of ether oxygens (including phenoxy) is 1. The Bertz CT molecular complexity index is 684. The molecule has 11 heteroatoms. The molecule has 4 N–H and O–H groups in total. The molecule has 1 aliphatic heterocycles. The van der Waals surface area contributed by atoms with Crippen LogP contribution in [0.3, 0.4) is 0 Å². The number of carbonyl (C=O) groups is 2. The molecule has 28 heavy (non-hydrogen) atoms. The summed E-state index contributed by atoms with van der Waals surface area (Å²) in [5, 5.41) is 8.95. The van der Waals surface area contributed by atoms with Gasteiger partial charge >= 0.3 is 6.09 Å². The number of amides is 2. The number of oxime groups is 1. The van der Waals surface area contributed by atoms with Gasteiger partial charge in [0, 0.05) is 6.04 Å². The topological polar surface area (TPSA) is 149 Å². The highest BCUT2D eigenvalue weighted by molar-refractivity contribution is 7.91. The van der Waals surface area contributed by atoms with Crippen LogP contribution in [0.5, 0.6) is 0 Å². The van der Waals surface area contributed by atoms with E-state index in [1.807, 2.05) is 13.8 Å². The van der Waals surface area contributed by atoms with Gasteiger partial charge < -0.3 is 25.9 Å². The number of nitrogens with zero attached hydrogens (tertiary/aromatic N) is 1. The molecule has 0 aromatic carbocycles. The first-order chi connectivity index (χ1) is 12.8. The number of nitrogens with two attached hydrogens (primary N) is 1.